The zero-order valence-corrected chi connectivity index (χ0v) is 22.0. The summed E-state index contributed by atoms with van der Waals surface area (Å²) in [4.78, 5) is 25.9. The van der Waals surface area contributed by atoms with Crippen molar-refractivity contribution in [3.63, 3.8) is 0 Å². The average molecular weight is 550 g/mol. The van der Waals surface area contributed by atoms with Gasteiger partial charge in [0, 0.05) is 22.5 Å². The summed E-state index contributed by atoms with van der Waals surface area (Å²) in [6.45, 7) is 1.89. The summed E-state index contributed by atoms with van der Waals surface area (Å²) in [5.74, 6) is -0.109. The van der Waals surface area contributed by atoms with Gasteiger partial charge in [0.15, 0.2) is 5.65 Å². The first kappa shape index (κ1) is 25.9. The number of aliphatic hydroxyl groups excluding tert-OH is 1. The molecule has 12 heteroatoms. The van der Waals surface area contributed by atoms with Crippen LogP contribution in [0.1, 0.15) is 64.3 Å². The Balaban J connectivity index is 1.52. The number of fused-ring (bicyclic) bond motifs is 1. The largest absolute Gasteiger partial charge is 0.393 e. The first-order chi connectivity index (χ1) is 17.6. The Kier molecular flexibility index (Phi) is 7.17. The van der Waals surface area contributed by atoms with Gasteiger partial charge in [-0.2, -0.15) is 4.98 Å². The molecule has 5 N–H and O–H groups in total. The molecule has 5 rings (SSSR count). The average Bonchev–Trinajstić information content (AvgIpc) is 3.19. The second-order valence-electron chi connectivity index (χ2n) is 10.4. The van der Waals surface area contributed by atoms with Gasteiger partial charge in [-0.3, -0.25) is 9.36 Å². The van der Waals surface area contributed by atoms with Crippen LogP contribution in [0, 0.1) is 11.2 Å². The lowest BCUT2D eigenvalue weighted by Crippen LogP contribution is -2.38. The van der Waals surface area contributed by atoms with Crippen LogP contribution in [0.5, 0.6) is 0 Å². The highest BCUT2D eigenvalue weighted by atomic mass is 35.5. The molecule has 0 spiro atoms. The van der Waals surface area contributed by atoms with Gasteiger partial charge in [0.1, 0.15) is 11.3 Å². The number of carbonyl (C=O) groups excluding carboxylic acids is 1. The first-order valence-electron chi connectivity index (χ1n) is 12.5. The Morgan fingerprint density at radius 1 is 1.22 bits per heavy atom. The number of aromatic nitrogens is 4. The van der Waals surface area contributed by atoms with Gasteiger partial charge in [-0.15, -0.1) is 0 Å². The predicted molar refractivity (Wildman–Crippen MR) is 142 cm³/mol. The number of carbonyl (C=O) groups is 1. The van der Waals surface area contributed by atoms with Gasteiger partial charge in [0.25, 0.3) is 0 Å². The molecule has 1 amide bonds. The van der Waals surface area contributed by atoms with Crippen molar-refractivity contribution in [3.8, 4) is 0 Å². The molecule has 1 aromatic carbocycles. The summed E-state index contributed by atoms with van der Waals surface area (Å²) in [6.07, 6.45) is 7.13. The van der Waals surface area contributed by atoms with Crippen molar-refractivity contribution >= 4 is 57.9 Å². The highest BCUT2D eigenvalue weighted by Crippen LogP contribution is 2.43. The third kappa shape index (κ3) is 5.32. The highest BCUT2D eigenvalue weighted by molar-refractivity contribution is 6.36. The number of nitrogens with zero attached hydrogens (tertiary/aromatic N) is 4. The van der Waals surface area contributed by atoms with Crippen LogP contribution in [0.15, 0.2) is 18.3 Å². The van der Waals surface area contributed by atoms with E-state index in [0.717, 1.165) is 19.3 Å². The molecular formula is C25H30Cl2FN7O2. The fourth-order valence-electron chi connectivity index (χ4n) is 5.39. The third-order valence-electron chi connectivity index (χ3n) is 7.67. The van der Waals surface area contributed by atoms with Gasteiger partial charge < -0.3 is 21.5 Å². The van der Waals surface area contributed by atoms with Gasteiger partial charge in [-0.05, 0) is 63.5 Å². The maximum Gasteiger partial charge on any atom is 0.224 e. The number of halogens is 3. The molecule has 2 aliphatic carbocycles. The van der Waals surface area contributed by atoms with Crippen molar-refractivity contribution in [2.45, 2.75) is 76.5 Å². The van der Waals surface area contributed by atoms with Crippen molar-refractivity contribution < 1.29 is 14.3 Å². The standard InChI is InChI=1S/C25H30Cl2FN7O2/c1-25(22(29)37)7-5-15(6-8-25)35-21-19(12-30-23(34-21)31-14-3-2-4-16(36)11-14)32-24(35)33-20-17(27)9-13(26)10-18(20)28/h9-10,12,14-16,36H,2-8,11H2,1H3,(H2,29,37)(H,32,33)(H,30,31,34)/t14-,15?,16?,25?/m0/s1. The van der Waals surface area contributed by atoms with E-state index in [1.54, 1.807) is 6.20 Å². The van der Waals surface area contributed by atoms with E-state index in [1.165, 1.54) is 12.1 Å². The Labute approximate surface area is 224 Å². The summed E-state index contributed by atoms with van der Waals surface area (Å²) >= 11 is 12.3. The number of nitrogens with two attached hydrogens (primary N) is 1. The lowest BCUT2D eigenvalue weighted by Gasteiger charge is -2.35. The van der Waals surface area contributed by atoms with E-state index in [9.17, 15) is 14.3 Å². The molecule has 3 aromatic rings. The molecule has 198 valence electrons. The van der Waals surface area contributed by atoms with Crippen LogP contribution in [-0.2, 0) is 4.79 Å². The maximum atomic E-state index is 14.8. The van der Waals surface area contributed by atoms with Crippen LogP contribution in [-0.4, -0.2) is 42.7 Å². The molecule has 0 aliphatic heterocycles. The van der Waals surface area contributed by atoms with Crippen molar-refractivity contribution in [2.75, 3.05) is 10.6 Å². The van der Waals surface area contributed by atoms with Crippen LogP contribution in [0.3, 0.4) is 0 Å². The van der Waals surface area contributed by atoms with Crippen molar-refractivity contribution in [2.24, 2.45) is 11.1 Å². The number of rotatable bonds is 6. The summed E-state index contributed by atoms with van der Waals surface area (Å²) in [5, 5.41) is 16.7. The van der Waals surface area contributed by atoms with Gasteiger partial charge in [-0.25, -0.2) is 14.4 Å². The van der Waals surface area contributed by atoms with E-state index < -0.39 is 11.2 Å². The second-order valence-corrected chi connectivity index (χ2v) is 11.2. The third-order valence-corrected chi connectivity index (χ3v) is 8.19. The fourth-order valence-corrected chi connectivity index (χ4v) is 5.91. The molecule has 9 nitrogen and oxygen atoms in total. The second kappa shape index (κ2) is 10.2. The van der Waals surface area contributed by atoms with Gasteiger partial charge in [-0.1, -0.05) is 30.1 Å². The van der Waals surface area contributed by atoms with Gasteiger partial charge in [0.05, 0.1) is 23.0 Å². The van der Waals surface area contributed by atoms with Crippen molar-refractivity contribution in [1.82, 2.24) is 19.5 Å². The van der Waals surface area contributed by atoms with Crippen LogP contribution in [0.25, 0.3) is 11.2 Å². The molecular weight excluding hydrogens is 520 g/mol. The molecule has 0 radical (unpaired) electrons. The molecule has 2 atom stereocenters. The minimum Gasteiger partial charge on any atom is -0.393 e. The molecule has 2 heterocycles. The summed E-state index contributed by atoms with van der Waals surface area (Å²) in [6, 6.07) is 2.65. The van der Waals surface area contributed by atoms with E-state index >= 15 is 0 Å². The normalized spacial score (nSPS) is 26.2. The Hall–Kier alpha value is -2.69. The number of primary amides is 1. The maximum absolute atomic E-state index is 14.8. The number of hydrogen-bond acceptors (Lipinski definition) is 7. The monoisotopic (exact) mass is 549 g/mol. The first-order valence-corrected chi connectivity index (χ1v) is 13.3. The number of nitrogens with one attached hydrogen (secondary N) is 2. The summed E-state index contributed by atoms with van der Waals surface area (Å²) in [5.41, 5.74) is 6.26. The molecule has 0 saturated heterocycles. The van der Waals surface area contributed by atoms with Crippen LogP contribution in [0.2, 0.25) is 10.0 Å². The molecule has 1 unspecified atom stereocenters. The Morgan fingerprint density at radius 2 is 1.97 bits per heavy atom. The van der Waals surface area contributed by atoms with Gasteiger partial charge >= 0.3 is 0 Å². The highest BCUT2D eigenvalue weighted by Gasteiger charge is 2.38. The zero-order chi connectivity index (χ0) is 26.3. The zero-order valence-electron chi connectivity index (χ0n) is 20.5. The van der Waals surface area contributed by atoms with Gasteiger partial charge in [0.2, 0.25) is 17.8 Å². The number of benzene rings is 1. The number of hydrogen-bond donors (Lipinski definition) is 4. The minimum atomic E-state index is -0.606. The van der Waals surface area contributed by atoms with E-state index in [0.29, 0.717) is 55.2 Å². The SMILES string of the molecule is CC1(C(N)=O)CCC(n2c(Nc3c(F)cc(Cl)cc3Cl)nc3cnc(N[C@H]4CCCC(O)C4)nc32)CC1. The lowest BCUT2D eigenvalue weighted by atomic mass is 9.73. The number of aliphatic hydroxyl groups is 1. The van der Waals surface area contributed by atoms with E-state index in [4.69, 9.17) is 33.9 Å². The van der Waals surface area contributed by atoms with Crippen molar-refractivity contribution in [3.05, 3.63) is 34.2 Å². The lowest BCUT2D eigenvalue weighted by molar-refractivity contribution is -0.128. The van der Waals surface area contributed by atoms with E-state index in [2.05, 4.69) is 20.6 Å². The van der Waals surface area contributed by atoms with E-state index in [-0.39, 0.29) is 39.8 Å². The van der Waals surface area contributed by atoms with E-state index in [1.807, 2.05) is 11.5 Å². The molecule has 2 saturated carbocycles. The Bertz CT molecular complexity index is 1300. The van der Waals surface area contributed by atoms with Crippen LogP contribution < -0.4 is 16.4 Å². The number of amides is 1. The predicted octanol–water partition coefficient (Wildman–Crippen LogP) is 5.34. The minimum absolute atomic E-state index is 0.0582. The fraction of sp³-hybridized carbons (Fsp3) is 0.520. The van der Waals surface area contributed by atoms with Crippen molar-refractivity contribution in [1.29, 1.82) is 0 Å². The molecule has 0 bridgehead atoms. The Morgan fingerprint density at radius 3 is 2.65 bits per heavy atom. The quantitative estimate of drug-likeness (QED) is 0.326. The molecule has 2 aromatic heterocycles. The van der Waals surface area contributed by atoms with Crippen LogP contribution in [0.4, 0.5) is 22.0 Å². The summed E-state index contributed by atoms with van der Waals surface area (Å²) in [7, 11) is 0. The summed E-state index contributed by atoms with van der Waals surface area (Å²) < 4.78 is 16.7. The number of anilines is 3. The molecule has 37 heavy (non-hydrogen) atoms. The smallest absolute Gasteiger partial charge is 0.224 e. The topological polar surface area (TPSA) is 131 Å². The van der Waals surface area contributed by atoms with Crippen LogP contribution >= 0.6 is 23.2 Å². The number of imidazole rings is 1. The molecule has 2 fully saturated rings. The molecule has 2 aliphatic rings.